The summed E-state index contributed by atoms with van der Waals surface area (Å²) in [5.74, 6) is 1.87. The van der Waals surface area contributed by atoms with E-state index in [1.165, 1.54) is 23.8 Å². The van der Waals surface area contributed by atoms with Gasteiger partial charge in [-0.1, -0.05) is 33.8 Å². The molecule has 1 aromatic carbocycles. The Balaban J connectivity index is 1.97. The minimum Gasteiger partial charge on any atom is -0.459 e. The van der Waals surface area contributed by atoms with Gasteiger partial charge in [0.15, 0.2) is 0 Å². The van der Waals surface area contributed by atoms with Crippen LogP contribution in [0, 0.1) is 5.92 Å². The molecule has 1 aromatic heterocycles. The molecule has 2 heteroatoms. The summed E-state index contributed by atoms with van der Waals surface area (Å²) in [4.78, 5) is 0. The second-order valence-electron chi connectivity index (χ2n) is 7.02. The molecule has 0 saturated heterocycles. The van der Waals surface area contributed by atoms with Crippen molar-refractivity contribution in [3.05, 3.63) is 35.6 Å². The first-order valence-electron chi connectivity index (χ1n) is 7.76. The number of fused-ring (bicyclic) bond motifs is 1. The lowest BCUT2D eigenvalue weighted by molar-refractivity contribution is 0.403. The molecular formula is C18H25NO. The van der Waals surface area contributed by atoms with E-state index in [4.69, 9.17) is 4.42 Å². The molecule has 0 bridgehead atoms. The van der Waals surface area contributed by atoms with Crippen molar-refractivity contribution in [2.24, 2.45) is 5.92 Å². The SMILES string of the molecule is CCNC(c1cc2cc(C(C)(C)C)ccc2o1)C1CC1. The van der Waals surface area contributed by atoms with Gasteiger partial charge in [-0.3, -0.25) is 0 Å². The van der Waals surface area contributed by atoms with E-state index >= 15 is 0 Å². The summed E-state index contributed by atoms with van der Waals surface area (Å²) in [5.41, 5.74) is 2.56. The van der Waals surface area contributed by atoms with Crippen LogP contribution in [0.5, 0.6) is 0 Å². The summed E-state index contributed by atoms with van der Waals surface area (Å²) in [5, 5.41) is 4.81. The number of furan rings is 1. The molecule has 0 radical (unpaired) electrons. The molecule has 0 aliphatic heterocycles. The molecule has 1 fully saturated rings. The van der Waals surface area contributed by atoms with Crippen molar-refractivity contribution < 1.29 is 4.42 Å². The second-order valence-corrected chi connectivity index (χ2v) is 7.02. The number of rotatable bonds is 4. The molecule has 20 heavy (non-hydrogen) atoms. The van der Waals surface area contributed by atoms with Crippen molar-refractivity contribution >= 4 is 11.0 Å². The van der Waals surface area contributed by atoms with E-state index in [1.54, 1.807) is 0 Å². The Morgan fingerprint density at radius 1 is 1.25 bits per heavy atom. The third-order valence-electron chi connectivity index (χ3n) is 4.23. The summed E-state index contributed by atoms with van der Waals surface area (Å²) >= 11 is 0. The number of hydrogen-bond donors (Lipinski definition) is 1. The van der Waals surface area contributed by atoms with Crippen LogP contribution in [0.25, 0.3) is 11.0 Å². The molecule has 2 nitrogen and oxygen atoms in total. The van der Waals surface area contributed by atoms with Crippen molar-refractivity contribution in [3.8, 4) is 0 Å². The smallest absolute Gasteiger partial charge is 0.134 e. The van der Waals surface area contributed by atoms with Gasteiger partial charge in [-0.15, -0.1) is 0 Å². The van der Waals surface area contributed by atoms with Crippen LogP contribution in [0.4, 0.5) is 0 Å². The Hall–Kier alpha value is -1.28. The third-order valence-corrected chi connectivity index (χ3v) is 4.23. The first-order chi connectivity index (χ1) is 9.49. The number of hydrogen-bond acceptors (Lipinski definition) is 2. The second kappa shape index (κ2) is 4.92. The lowest BCUT2D eigenvalue weighted by atomic mass is 9.86. The van der Waals surface area contributed by atoms with Gasteiger partial charge in [0, 0.05) is 5.39 Å². The zero-order chi connectivity index (χ0) is 14.3. The van der Waals surface area contributed by atoms with Gasteiger partial charge in [-0.05, 0) is 54.5 Å². The average molecular weight is 271 g/mol. The fourth-order valence-electron chi connectivity index (χ4n) is 2.83. The highest BCUT2D eigenvalue weighted by Gasteiger charge is 2.33. The van der Waals surface area contributed by atoms with Gasteiger partial charge in [0.25, 0.3) is 0 Å². The minimum absolute atomic E-state index is 0.184. The Morgan fingerprint density at radius 2 is 2.00 bits per heavy atom. The van der Waals surface area contributed by atoms with E-state index in [0.717, 1.165) is 23.8 Å². The van der Waals surface area contributed by atoms with E-state index in [0.29, 0.717) is 6.04 Å². The Kier molecular flexibility index (Phi) is 3.37. The van der Waals surface area contributed by atoms with Crippen molar-refractivity contribution in [2.75, 3.05) is 6.54 Å². The molecule has 1 atom stereocenters. The molecule has 2 aromatic rings. The topological polar surface area (TPSA) is 25.2 Å². The van der Waals surface area contributed by atoms with Crippen LogP contribution >= 0.6 is 0 Å². The minimum atomic E-state index is 0.184. The van der Waals surface area contributed by atoms with Crippen molar-refractivity contribution in [1.82, 2.24) is 5.32 Å². The summed E-state index contributed by atoms with van der Waals surface area (Å²) in [7, 11) is 0. The molecule has 1 aliphatic rings. The van der Waals surface area contributed by atoms with Crippen LogP contribution in [-0.4, -0.2) is 6.54 Å². The molecule has 1 heterocycles. The van der Waals surface area contributed by atoms with Crippen molar-refractivity contribution in [3.63, 3.8) is 0 Å². The van der Waals surface area contributed by atoms with E-state index in [9.17, 15) is 0 Å². The van der Waals surface area contributed by atoms with Crippen LogP contribution in [0.15, 0.2) is 28.7 Å². The molecule has 0 spiro atoms. The van der Waals surface area contributed by atoms with Crippen LogP contribution in [-0.2, 0) is 5.41 Å². The fourth-order valence-corrected chi connectivity index (χ4v) is 2.83. The molecule has 0 amide bonds. The van der Waals surface area contributed by atoms with Crippen LogP contribution in [0.2, 0.25) is 0 Å². The zero-order valence-corrected chi connectivity index (χ0v) is 13.0. The molecule has 3 rings (SSSR count). The lowest BCUT2D eigenvalue weighted by Gasteiger charge is -2.18. The maximum Gasteiger partial charge on any atom is 0.134 e. The van der Waals surface area contributed by atoms with E-state index in [-0.39, 0.29) is 5.41 Å². The highest BCUT2D eigenvalue weighted by Crippen LogP contribution is 2.42. The Labute approximate surface area is 121 Å². The largest absolute Gasteiger partial charge is 0.459 e. The maximum absolute atomic E-state index is 6.09. The predicted molar refractivity (Wildman–Crippen MR) is 84.1 cm³/mol. The van der Waals surface area contributed by atoms with Crippen LogP contribution < -0.4 is 5.32 Å². The summed E-state index contributed by atoms with van der Waals surface area (Å²) < 4.78 is 6.09. The van der Waals surface area contributed by atoms with Crippen LogP contribution in [0.1, 0.15) is 57.9 Å². The highest BCUT2D eigenvalue weighted by molar-refractivity contribution is 5.79. The normalized spacial score (nSPS) is 17.6. The molecular weight excluding hydrogens is 246 g/mol. The standard InChI is InChI=1S/C18H25NO/c1-5-19-17(12-6-7-12)16-11-13-10-14(18(2,3)4)8-9-15(13)20-16/h8-12,17,19H,5-7H2,1-4H3. The Morgan fingerprint density at radius 3 is 2.60 bits per heavy atom. The van der Waals surface area contributed by atoms with Gasteiger partial charge in [-0.25, -0.2) is 0 Å². The first-order valence-corrected chi connectivity index (χ1v) is 7.76. The summed E-state index contributed by atoms with van der Waals surface area (Å²) in [6.45, 7) is 9.91. The zero-order valence-electron chi connectivity index (χ0n) is 13.0. The number of nitrogens with one attached hydrogen (secondary N) is 1. The quantitative estimate of drug-likeness (QED) is 0.864. The molecule has 1 N–H and O–H groups in total. The van der Waals surface area contributed by atoms with E-state index < -0.39 is 0 Å². The van der Waals surface area contributed by atoms with Crippen LogP contribution in [0.3, 0.4) is 0 Å². The molecule has 1 unspecified atom stereocenters. The monoisotopic (exact) mass is 271 g/mol. The first kappa shape index (κ1) is 13.7. The van der Waals surface area contributed by atoms with Gasteiger partial charge in [0.1, 0.15) is 11.3 Å². The van der Waals surface area contributed by atoms with Crippen molar-refractivity contribution in [1.29, 1.82) is 0 Å². The summed E-state index contributed by atoms with van der Waals surface area (Å²) in [6.07, 6.45) is 2.64. The average Bonchev–Trinajstić information content (AvgIpc) is 3.12. The predicted octanol–water partition coefficient (Wildman–Crippen LogP) is 4.79. The van der Waals surface area contributed by atoms with Gasteiger partial charge >= 0.3 is 0 Å². The van der Waals surface area contributed by atoms with Gasteiger partial charge < -0.3 is 9.73 Å². The molecule has 1 saturated carbocycles. The summed E-state index contributed by atoms with van der Waals surface area (Å²) in [6, 6.07) is 9.21. The molecule has 108 valence electrons. The van der Waals surface area contributed by atoms with Gasteiger partial charge in [-0.2, -0.15) is 0 Å². The highest BCUT2D eigenvalue weighted by atomic mass is 16.3. The van der Waals surface area contributed by atoms with E-state index in [1.807, 2.05) is 0 Å². The van der Waals surface area contributed by atoms with Gasteiger partial charge in [0.2, 0.25) is 0 Å². The van der Waals surface area contributed by atoms with Crippen molar-refractivity contribution in [2.45, 2.75) is 52.0 Å². The van der Waals surface area contributed by atoms with Gasteiger partial charge in [0.05, 0.1) is 6.04 Å². The maximum atomic E-state index is 6.09. The molecule has 1 aliphatic carbocycles. The third kappa shape index (κ3) is 2.62. The number of benzene rings is 1. The van der Waals surface area contributed by atoms with E-state index in [2.05, 4.69) is 57.3 Å². The Bertz CT molecular complexity index is 601. The fraction of sp³-hybridized carbons (Fsp3) is 0.556. The lowest BCUT2D eigenvalue weighted by Crippen LogP contribution is -2.21.